The smallest absolute Gasteiger partial charge is 0.312 e. The fourth-order valence-corrected chi connectivity index (χ4v) is 2.95. The quantitative estimate of drug-likeness (QED) is 0.211. The van der Waals surface area contributed by atoms with Crippen LogP contribution in [0.25, 0.3) is 0 Å². The van der Waals surface area contributed by atoms with E-state index in [4.69, 9.17) is 5.73 Å². The van der Waals surface area contributed by atoms with E-state index in [2.05, 4.69) is 16.0 Å². The van der Waals surface area contributed by atoms with Gasteiger partial charge in [-0.2, -0.15) is 0 Å². The van der Waals surface area contributed by atoms with E-state index in [0.717, 1.165) is 4.90 Å². The van der Waals surface area contributed by atoms with Crippen LogP contribution in [-0.2, 0) is 24.0 Å². The summed E-state index contributed by atoms with van der Waals surface area (Å²) < 4.78 is 0. The minimum absolute atomic E-state index is 0.201. The van der Waals surface area contributed by atoms with E-state index >= 15 is 0 Å². The minimum Gasteiger partial charge on any atom is -0.352 e. The number of primary amides is 1. The number of rotatable bonds is 14. The molecule has 0 saturated carbocycles. The van der Waals surface area contributed by atoms with E-state index in [-0.39, 0.29) is 36.5 Å². The summed E-state index contributed by atoms with van der Waals surface area (Å²) in [4.78, 5) is 70.7. The summed E-state index contributed by atoms with van der Waals surface area (Å²) in [5.41, 5.74) is 4.97. The molecule has 1 aliphatic rings. The van der Waals surface area contributed by atoms with Gasteiger partial charge in [0.05, 0.1) is 6.04 Å². The van der Waals surface area contributed by atoms with Gasteiger partial charge in [0.2, 0.25) is 11.8 Å². The number of nitrogens with one attached hydrogen (secondary N) is 3. The number of unbranched alkanes of at least 4 members (excludes halogenated alkanes) is 2. The van der Waals surface area contributed by atoms with Crippen LogP contribution in [0.5, 0.6) is 0 Å². The number of carbonyl (C=O) groups excluding carboxylic acids is 6. The van der Waals surface area contributed by atoms with Gasteiger partial charge in [0.15, 0.2) is 5.78 Å². The van der Waals surface area contributed by atoms with Crippen LogP contribution >= 0.6 is 0 Å². The van der Waals surface area contributed by atoms with Crippen molar-refractivity contribution in [1.29, 1.82) is 0 Å². The first-order chi connectivity index (χ1) is 14.6. The molecule has 1 heterocycles. The number of imide groups is 1. The Bertz CT molecular complexity index is 718. The largest absolute Gasteiger partial charge is 0.352 e. The highest BCUT2D eigenvalue weighted by atomic mass is 16.2. The Morgan fingerprint density at radius 2 is 1.65 bits per heavy atom. The topological polar surface area (TPSA) is 168 Å². The predicted molar refractivity (Wildman–Crippen MR) is 111 cm³/mol. The highest BCUT2D eigenvalue weighted by molar-refractivity contribution is 6.12. The molecule has 0 saturated heterocycles. The second kappa shape index (κ2) is 13.1. The first kappa shape index (κ1) is 25.8. The first-order valence-corrected chi connectivity index (χ1v) is 10.3. The first-order valence-electron chi connectivity index (χ1n) is 10.3. The van der Waals surface area contributed by atoms with Crippen LogP contribution in [0.4, 0.5) is 4.79 Å². The van der Waals surface area contributed by atoms with Gasteiger partial charge in [-0.15, -0.1) is 0 Å². The van der Waals surface area contributed by atoms with Crippen molar-refractivity contribution in [1.82, 2.24) is 20.9 Å². The number of hydrogen-bond acceptors (Lipinski definition) is 6. The second-order valence-electron chi connectivity index (χ2n) is 7.37. The molecule has 0 aromatic rings. The lowest BCUT2D eigenvalue weighted by Gasteiger charge is -2.20. The number of nitrogens with zero attached hydrogens (tertiary/aromatic N) is 1. The van der Waals surface area contributed by atoms with Crippen LogP contribution in [0.2, 0.25) is 0 Å². The van der Waals surface area contributed by atoms with E-state index in [0.29, 0.717) is 38.6 Å². The zero-order valence-corrected chi connectivity index (χ0v) is 17.9. The van der Waals surface area contributed by atoms with Gasteiger partial charge in [-0.3, -0.25) is 28.9 Å². The Labute approximate surface area is 181 Å². The zero-order valence-electron chi connectivity index (χ0n) is 17.9. The molecule has 1 rings (SSSR count). The molecule has 2 atom stereocenters. The van der Waals surface area contributed by atoms with Crippen molar-refractivity contribution in [3.05, 3.63) is 12.2 Å². The molecule has 0 aromatic carbocycles. The van der Waals surface area contributed by atoms with Gasteiger partial charge in [-0.05, 0) is 39.5 Å². The molecule has 1 aliphatic heterocycles. The van der Waals surface area contributed by atoms with E-state index < -0.39 is 24.0 Å². The van der Waals surface area contributed by atoms with Crippen LogP contribution in [0.1, 0.15) is 52.4 Å². The molecule has 0 bridgehead atoms. The molecule has 11 heteroatoms. The van der Waals surface area contributed by atoms with Gasteiger partial charge >= 0.3 is 6.03 Å². The maximum Gasteiger partial charge on any atom is 0.312 e. The van der Waals surface area contributed by atoms with E-state index in [1.165, 1.54) is 26.0 Å². The van der Waals surface area contributed by atoms with Gasteiger partial charge < -0.3 is 21.7 Å². The Morgan fingerprint density at radius 1 is 1.00 bits per heavy atom. The number of hydrogen-bond donors (Lipinski definition) is 4. The summed E-state index contributed by atoms with van der Waals surface area (Å²) in [6.45, 7) is 3.48. The van der Waals surface area contributed by atoms with Crippen molar-refractivity contribution in [3.8, 4) is 0 Å². The van der Waals surface area contributed by atoms with Crippen molar-refractivity contribution in [2.75, 3.05) is 13.1 Å². The zero-order chi connectivity index (χ0) is 23.4. The molecule has 5 N–H and O–H groups in total. The van der Waals surface area contributed by atoms with Gasteiger partial charge in [0.25, 0.3) is 11.8 Å². The molecule has 11 nitrogen and oxygen atoms in total. The van der Waals surface area contributed by atoms with Crippen molar-refractivity contribution in [2.45, 2.75) is 64.5 Å². The monoisotopic (exact) mass is 437 g/mol. The summed E-state index contributed by atoms with van der Waals surface area (Å²) in [5.74, 6) is -1.65. The summed E-state index contributed by atoms with van der Waals surface area (Å²) in [5, 5.41) is 7.60. The minimum atomic E-state index is -0.816. The lowest BCUT2D eigenvalue weighted by molar-refractivity contribution is -0.137. The molecule has 172 valence electrons. The van der Waals surface area contributed by atoms with E-state index in [1.54, 1.807) is 0 Å². The van der Waals surface area contributed by atoms with Crippen molar-refractivity contribution in [3.63, 3.8) is 0 Å². The van der Waals surface area contributed by atoms with Crippen LogP contribution < -0.4 is 21.7 Å². The molecule has 0 spiro atoms. The van der Waals surface area contributed by atoms with Gasteiger partial charge in [0, 0.05) is 31.7 Å². The SMILES string of the molecule is CC(=O)[C@H](CCCNC(N)=O)NC(=O)[C@H](C)NC(=O)CCCCCN1C(=O)C=CC1=O. The third-order valence-electron chi connectivity index (χ3n) is 4.73. The van der Waals surface area contributed by atoms with Gasteiger partial charge in [-0.1, -0.05) is 6.42 Å². The van der Waals surface area contributed by atoms with E-state index in [9.17, 15) is 28.8 Å². The second-order valence-corrected chi connectivity index (χ2v) is 7.37. The predicted octanol–water partition coefficient (Wildman–Crippen LogP) is -0.501. The molecule has 6 amide bonds. The number of carbonyl (C=O) groups is 6. The molecule has 0 aromatic heterocycles. The number of amides is 6. The Morgan fingerprint density at radius 3 is 2.23 bits per heavy atom. The standard InChI is InChI=1S/C20H31N5O6/c1-13(19(30)24-15(14(2)26)7-6-11-22-20(21)31)23-16(27)8-4-3-5-12-25-17(28)9-10-18(25)29/h9-10,13,15H,3-8,11-12H2,1-2H3,(H,23,27)(H,24,30)(H3,21,22,31)/t13-,15-/m0/s1. The Balaban J connectivity index is 2.26. The Hall–Kier alpha value is -3.24. The number of nitrogens with two attached hydrogens (primary N) is 1. The van der Waals surface area contributed by atoms with Crippen LogP contribution in [0, 0.1) is 0 Å². The molecule has 31 heavy (non-hydrogen) atoms. The molecular formula is C20H31N5O6. The number of urea groups is 1. The molecular weight excluding hydrogens is 406 g/mol. The number of ketones is 1. The lowest BCUT2D eigenvalue weighted by atomic mass is 10.1. The maximum atomic E-state index is 12.3. The van der Waals surface area contributed by atoms with Gasteiger partial charge in [0.1, 0.15) is 6.04 Å². The normalized spacial score (nSPS) is 14.8. The third kappa shape index (κ3) is 9.87. The third-order valence-corrected chi connectivity index (χ3v) is 4.73. The summed E-state index contributed by atoms with van der Waals surface area (Å²) in [7, 11) is 0. The van der Waals surface area contributed by atoms with Crippen molar-refractivity contribution >= 4 is 35.4 Å². The summed E-state index contributed by atoms with van der Waals surface area (Å²) in [6, 6.07) is -2.19. The fourth-order valence-electron chi connectivity index (χ4n) is 2.95. The highest BCUT2D eigenvalue weighted by Gasteiger charge is 2.23. The van der Waals surface area contributed by atoms with Gasteiger partial charge in [-0.25, -0.2) is 4.79 Å². The summed E-state index contributed by atoms with van der Waals surface area (Å²) >= 11 is 0. The van der Waals surface area contributed by atoms with Crippen molar-refractivity contribution < 1.29 is 28.8 Å². The fraction of sp³-hybridized carbons (Fsp3) is 0.600. The Kier molecular flexibility index (Phi) is 10.9. The van der Waals surface area contributed by atoms with Crippen molar-refractivity contribution in [2.24, 2.45) is 5.73 Å². The van der Waals surface area contributed by atoms with Crippen LogP contribution in [0.3, 0.4) is 0 Å². The molecule has 0 aliphatic carbocycles. The molecule has 0 unspecified atom stereocenters. The lowest BCUT2D eigenvalue weighted by Crippen LogP contribution is -2.50. The molecule has 0 fully saturated rings. The maximum absolute atomic E-state index is 12.3. The molecule has 0 radical (unpaired) electrons. The van der Waals surface area contributed by atoms with Crippen LogP contribution in [-0.4, -0.2) is 65.5 Å². The van der Waals surface area contributed by atoms with E-state index in [1.807, 2.05) is 0 Å². The van der Waals surface area contributed by atoms with Crippen LogP contribution in [0.15, 0.2) is 12.2 Å². The number of Topliss-reactive ketones (excluding diaryl/α,β-unsaturated/α-hetero) is 1. The summed E-state index contributed by atoms with van der Waals surface area (Å²) in [6.07, 6.45) is 5.25. The average Bonchev–Trinajstić information content (AvgIpc) is 3.01. The average molecular weight is 437 g/mol. The highest BCUT2D eigenvalue weighted by Crippen LogP contribution is 2.08.